The molecular formula is C11H15N5O3. The number of nitro groups is 1. The highest BCUT2D eigenvalue weighted by Crippen LogP contribution is 2.19. The van der Waals surface area contributed by atoms with Crippen LogP contribution in [0.15, 0.2) is 16.8 Å². The fourth-order valence-corrected chi connectivity index (χ4v) is 1.61. The molecular weight excluding hydrogens is 250 g/mol. The van der Waals surface area contributed by atoms with E-state index in [4.69, 9.17) is 4.42 Å². The minimum absolute atomic E-state index is 0.0613. The van der Waals surface area contributed by atoms with Crippen molar-refractivity contribution >= 4 is 5.69 Å². The highest BCUT2D eigenvalue weighted by molar-refractivity contribution is 5.21. The number of hydrogen-bond acceptors (Lipinski definition) is 6. The van der Waals surface area contributed by atoms with Crippen molar-refractivity contribution in [3.8, 4) is 0 Å². The molecule has 0 aliphatic rings. The second-order valence-corrected chi connectivity index (χ2v) is 4.74. The van der Waals surface area contributed by atoms with E-state index in [1.807, 2.05) is 0 Å². The van der Waals surface area contributed by atoms with Crippen molar-refractivity contribution in [2.24, 2.45) is 5.92 Å². The van der Waals surface area contributed by atoms with Crippen LogP contribution in [0.25, 0.3) is 0 Å². The molecule has 8 heteroatoms. The van der Waals surface area contributed by atoms with Crippen LogP contribution in [0.2, 0.25) is 0 Å². The van der Waals surface area contributed by atoms with Gasteiger partial charge in [-0.05, 0) is 12.8 Å². The quantitative estimate of drug-likeness (QED) is 0.605. The summed E-state index contributed by atoms with van der Waals surface area (Å²) >= 11 is 0. The lowest BCUT2D eigenvalue weighted by Crippen LogP contribution is -2.07. The maximum absolute atomic E-state index is 10.6. The molecule has 2 aromatic rings. The maximum atomic E-state index is 10.6. The maximum Gasteiger partial charge on any atom is 0.307 e. The van der Waals surface area contributed by atoms with Gasteiger partial charge in [0.15, 0.2) is 0 Å². The summed E-state index contributed by atoms with van der Waals surface area (Å²) in [4.78, 5) is 10.1. The van der Waals surface area contributed by atoms with Crippen LogP contribution in [0.1, 0.15) is 38.6 Å². The minimum atomic E-state index is -0.492. The molecule has 0 saturated carbocycles. The van der Waals surface area contributed by atoms with Gasteiger partial charge in [0.05, 0.1) is 4.92 Å². The fourth-order valence-electron chi connectivity index (χ4n) is 1.61. The summed E-state index contributed by atoms with van der Waals surface area (Å²) in [7, 11) is 0. The van der Waals surface area contributed by atoms with Crippen molar-refractivity contribution in [1.29, 1.82) is 0 Å². The van der Waals surface area contributed by atoms with Gasteiger partial charge in [-0.2, -0.15) is 5.10 Å². The molecule has 0 aromatic carbocycles. The fraction of sp³-hybridized carbons (Fsp3) is 0.545. The van der Waals surface area contributed by atoms with Crippen LogP contribution in [0, 0.1) is 16.0 Å². The highest BCUT2D eigenvalue weighted by Gasteiger charge is 2.19. The molecule has 0 amide bonds. The van der Waals surface area contributed by atoms with Crippen LogP contribution >= 0.6 is 0 Å². The number of hydrogen-bond donors (Lipinski definition) is 0. The summed E-state index contributed by atoms with van der Waals surface area (Å²) in [5.74, 6) is 1.39. The van der Waals surface area contributed by atoms with Crippen LogP contribution in [0.3, 0.4) is 0 Å². The van der Waals surface area contributed by atoms with Gasteiger partial charge in [-0.15, -0.1) is 10.2 Å². The van der Waals surface area contributed by atoms with Crippen molar-refractivity contribution in [1.82, 2.24) is 20.0 Å². The number of aromatic nitrogens is 4. The number of nitrogens with zero attached hydrogens (tertiary/aromatic N) is 5. The first-order valence-electron chi connectivity index (χ1n) is 5.98. The third-order valence-corrected chi connectivity index (χ3v) is 2.62. The lowest BCUT2D eigenvalue weighted by Gasteiger charge is -2.05. The zero-order valence-electron chi connectivity index (χ0n) is 11.0. The van der Waals surface area contributed by atoms with E-state index in [9.17, 15) is 10.1 Å². The van der Waals surface area contributed by atoms with Gasteiger partial charge >= 0.3 is 5.69 Å². The van der Waals surface area contributed by atoms with Gasteiger partial charge in [-0.3, -0.25) is 14.8 Å². The third kappa shape index (κ3) is 2.95. The average molecular weight is 265 g/mol. The Hall–Kier alpha value is -2.25. The van der Waals surface area contributed by atoms with Crippen LogP contribution in [-0.4, -0.2) is 24.9 Å². The van der Waals surface area contributed by atoms with E-state index in [0.717, 1.165) is 0 Å². The molecule has 1 atom stereocenters. The van der Waals surface area contributed by atoms with E-state index >= 15 is 0 Å². The molecule has 0 radical (unpaired) electrons. The smallest absolute Gasteiger partial charge is 0.307 e. The molecule has 0 aliphatic heterocycles. The average Bonchev–Trinajstić information content (AvgIpc) is 2.95. The summed E-state index contributed by atoms with van der Waals surface area (Å²) in [6.45, 7) is 5.91. The van der Waals surface area contributed by atoms with Crippen molar-refractivity contribution in [2.45, 2.75) is 33.2 Å². The van der Waals surface area contributed by atoms with Gasteiger partial charge in [0.1, 0.15) is 18.4 Å². The summed E-state index contributed by atoms with van der Waals surface area (Å²) < 4.78 is 6.96. The second-order valence-electron chi connectivity index (χ2n) is 4.74. The molecule has 2 heterocycles. The van der Waals surface area contributed by atoms with E-state index in [-0.39, 0.29) is 11.7 Å². The predicted molar refractivity (Wildman–Crippen MR) is 65.5 cm³/mol. The lowest BCUT2D eigenvalue weighted by molar-refractivity contribution is -0.385. The SMILES string of the molecule is CC(C)Cc1nnc([C@H](C)n2cc([N+](=O)[O-])cn2)o1. The second kappa shape index (κ2) is 5.17. The van der Waals surface area contributed by atoms with Crippen LogP contribution in [0.5, 0.6) is 0 Å². The standard InChI is InChI=1S/C11H15N5O3/c1-7(2)4-10-13-14-11(19-10)8(3)15-6-9(5-12-15)16(17)18/h5-8H,4H2,1-3H3/t8-/m0/s1. The van der Waals surface area contributed by atoms with Gasteiger partial charge in [-0.1, -0.05) is 13.8 Å². The van der Waals surface area contributed by atoms with Crippen molar-refractivity contribution < 1.29 is 9.34 Å². The van der Waals surface area contributed by atoms with Crippen LogP contribution < -0.4 is 0 Å². The highest BCUT2D eigenvalue weighted by atomic mass is 16.6. The van der Waals surface area contributed by atoms with E-state index < -0.39 is 4.92 Å². The predicted octanol–water partition coefficient (Wildman–Crippen LogP) is 1.98. The van der Waals surface area contributed by atoms with E-state index in [1.165, 1.54) is 17.1 Å². The van der Waals surface area contributed by atoms with Crippen LogP contribution in [0.4, 0.5) is 5.69 Å². The van der Waals surface area contributed by atoms with Crippen molar-refractivity contribution in [3.63, 3.8) is 0 Å². The minimum Gasteiger partial charge on any atom is -0.423 e. The molecule has 0 N–H and O–H groups in total. The zero-order valence-corrected chi connectivity index (χ0v) is 11.0. The molecule has 0 fully saturated rings. The Morgan fingerprint density at radius 2 is 2.16 bits per heavy atom. The summed E-state index contributed by atoms with van der Waals surface area (Å²) in [5.41, 5.74) is -0.0613. The first-order chi connectivity index (χ1) is 8.97. The summed E-state index contributed by atoms with van der Waals surface area (Å²) in [6, 6.07) is -0.331. The molecule has 0 aliphatic carbocycles. The van der Waals surface area contributed by atoms with Crippen molar-refractivity contribution in [3.05, 3.63) is 34.3 Å². The van der Waals surface area contributed by atoms with Gasteiger partial charge < -0.3 is 4.42 Å². The molecule has 0 unspecified atom stereocenters. The Bertz CT molecular complexity index is 574. The third-order valence-electron chi connectivity index (χ3n) is 2.62. The Balaban J connectivity index is 2.16. The molecule has 8 nitrogen and oxygen atoms in total. The molecule has 102 valence electrons. The van der Waals surface area contributed by atoms with E-state index in [0.29, 0.717) is 24.1 Å². The van der Waals surface area contributed by atoms with Gasteiger partial charge in [0, 0.05) is 6.42 Å². The summed E-state index contributed by atoms with van der Waals surface area (Å²) in [5, 5.41) is 22.4. The van der Waals surface area contributed by atoms with Crippen molar-refractivity contribution in [2.75, 3.05) is 0 Å². The zero-order chi connectivity index (χ0) is 14.0. The monoisotopic (exact) mass is 265 g/mol. The van der Waals surface area contributed by atoms with Gasteiger partial charge in [0.2, 0.25) is 11.8 Å². The van der Waals surface area contributed by atoms with Gasteiger partial charge in [0.25, 0.3) is 0 Å². The Morgan fingerprint density at radius 3 is 2.74 bits per heavy atom. The number of rotatable bonds is 5. The van der Waals surface area contributed by atoms with Gasteiger partial charge in [-0.25, -0.2) is 0 Å². The topological polar surface area (TPSA) is 99.9 Å². The van der Waals surface area contributed by atoms with Crippen LogP contribution in [-0.2, 0) is 6.42 Å². The normalized spacial score (nSPS) is 12.8. The largest absolute Gasteiger partial charge is 0.423 e. The van der Waals surface area contributed by atoms with E-state index in [1.54, 1.807) is 6.92 Å². The molecule has 0 spiro atoms. The Morgan fingerprint density at radius 1 is 1.42 bits per heavy atom. The summed E-state index contributed by atoms with van der Waals surface area (Å²) in [6.07, 6.45) is 3.25. The first kappa shape index (κ1) is 13.2. The first-order valence-corrected chi connectivity index (χ1v) is 5.98. The Kier molecular flexibility index (Phi) is 3.59. The molecule has 19 heavy (non-hydrogen) atoms. The molecule has 2 rings (SSSR count). The lowest BCUT2D eigenvalue weighted by atomic mass is 10.1. The molecule has 0 bridgehead atoms. The van der Waals surface area contributed by atoms with E-state index in [2.05, 4.69) is 29.1 Å². The molecule has 0 saturated heterocycles. The molecule has 2 aromatic heterocycles. The Labute approximate surface area is 109 Å².